The van der Waals surface area contributed by atoms with Crippen LogP contribution in [-0.2, 0) is 0 Å². The first kappa shape index (κ1) is 17.1. The van der Waals surface area contributed by atoms with Crippen molar-refractivity contribution in [3.05, 3.63) is 57.8 Å². The topological polar surface area (TPSA) is 109 Å². The van der Waals surface area contributed by atoms with Crippen LogP contribution < -0.4 is 5.69 Å². The van der Waals surface area contributed by atoms with Gasteiger partial charge in [-0.2, -0.15) is 4.58 Å². The van der Waals surface area contributed by atoms with Crippen LogP contribution in [0.2, 0.25) is 0 Å². The Morgan fingerprint density at radius 3 is 2.76 bits per heavy atom. The third-order valence-corrected chi connectivity index (χ3v) is 4.63. The van der Waals surface area contributed by atoms with Gasteiger partial charge < -0.3 is 10.1 Å². The van der Waals surface area contributed by atoms with Crippen molar-refractivity contribution >= 4 is 30.1 Å². The number of H-pyrrole nitrogens is 2. The van der Waals surface area contributed by atoms with Gasteiger partial charge in [0.2, 0.25) is 23.6 Å². The van der Waals surface area contributed by atoms with Gasteiger partial charge in [-0.05, 0) is 30.9 Å². The molecule has 0 bridgehead atoms. The van der Waals surface area contributed by atoms with Gasteiger partial charge in [0.05, 0.1) is 6.04 Å². The second kappa shape index (κ2) is 6.87. The van der Waals surface area contributed by atoms with E-state index in [0.717, 1.165) is 18.4 Å². The first-order valence-electron chi connectivity index (χ1n) is 9.28. The molecule has 1 fully saturated rings. The molecule has 0 radical (unpaired) electrons. The molecule has 0 amide bonds. The normalized spacial score (nSPS) is 22.8. The number of nitrogens with zero attached hydrogens (tertiary/aromatic N) is 4. The molecule has 0 spiro atoms. The average molecular weight is 385 g/mol. The van der Waals surface area contributed by atoms with Gasteiger partial charge in [-0.3, -0.25) is 9.98 Å². The van der Waals surface area contributed by atoms with E-state index >= 15 is 0 Å². The van der Waals surface area contributed by atoms with Crippen LogP contribution in [0.1, 0.15) is 24.1 Å². The van der Waals surface area contributed by atoms with Gasteiger partial charge in [0.1, 0.15) is 11.9 Å². The Labute approximate surface area is 165 Å². The van der Waals surface area contributed by atoms with Gasteiger partial charge >= 0.3 is 11.9 Å². The molecule has 1 unspecified atom stereocenters. The molecule has 5 rings (SSSR count). The summed E-state index contributed by atoms with van der Waals surface area (Å²) in [5, 5.41) is 9.85. The van der Waals surface area contributed by atoms with Crippen molar-refractivity contribution in [2.45, 2.75) is 25.0 Å². The largest absolute Gasteiger partial charge is 0.493 e. The molecule has 3 N–H and O–H groups in total. The van der Waals surface area contributed by atoms with Crippen molar-refractivity contribution in [3.63, 3.8) is 0 Å². The van der Waals surface area contributed by atoms with Gasteiger partial charge in [-0.1, -0.05) is 24.1 Å². The van der Waals surface area contributed by atoms with E-state index in [4.69, 9.17) is 4.99 Å². The smallest absolute Gasteiger partial charge is 0.326 e. The standard InChI is InChI=1S/C21H16N6O2/c28-20-17(25-21(29)26-20)10-16-11-22-19-18(23-14-8-9-14)24-15(12-27(16)19)7-6-13-4-2-1-3-5-13/h1-5,10-12,14,19H,8-9H2,(H2,23,24,26,28,29)/p+1. The van der Waals surface area contributed by atoms with Gasteiger partial charge in [-0.25, -0.2) is 14.8 Å². The lowest BCUT2D eigenvalue weighted by Crippen LogP contribution is -2.35. The molecule has 29 heavy (non-hydrogen) atoms. The maximum absolute atomic E-state index is 11.4. The van der Waals surface area contributed by atoms with E-state index in [-0.39, 0.29) is 17.7 Å². The summed E-state index contributed by atoms with van der Waals surface area (Å²) in [5.74, 6) is 6.62. The van der Waals surface area contributed by atoms with Crippen molar-refractivity contribution in [2.75, 3.05) is 0 Å². The second-order valence-electron chi connectivity index (χ2n) is 6.93. The van der Waals surface area contributed by atoms with E-state index in [9.17, 15) is 9.90 Å². The van der Waals surface area contributed by atoms with E-state index in [0.29, 0.717) is 23.3 Å². The average Bonchev–Trinajstić information content (AvgIpc) is 3.36. The number of aromatic nitrogens is 2. The fourth-order valence-electron chi connectivity index (χ4n) is 3.06. The number of rotatable bonds is 2. The molecule has 1 atom stereocenters. The quantitative estimate of drug-likeness (QED) is 0.535. The summed E-state index contributed by atoms with van der Waals surface area (Å²) in [7, 11) is 0. The number of allylic oxidation sites excluding steroid dienone is 1. The summed E-state index contributed by atoms with van der Waals surface area (Å²) in [6.07, 6.45) is 6.90. The molecule has 1 saturated carbocycles. The van der Waals surface area contributed by atoms with E-state index in [1.165, 1.54) is 0 Å². The summed E-state index contributed by atoms with van der Waals surface area (Å²) >= 11 is 0. The zero-order chi connectivity index (χ0) is 19.8. The lowest BCUT2D eigenvalue weighted by atomic mass is 10.2. The Morgan fingerprint density at radius 2 is 2.03 bits per heavy atom. The van der Waals surface area contributed by atoms with Crippen LogP contribution in [0.15, 0.2) is 55.8 Å². The predicted octanol–water partition coefficient (Wildman–Crippen LogP) is 1.31. The summed E-state index contributed by atoms with van der Waals surface area (Å²) < 4.78 is 1.90. The second-order valence-corrected chi connectivity index (χ2v) is 6.93. The van der Waals surface area contributed by atoms with E-state index in [1.54, 1.807) is 12.3 Å². The summed E-state index contributed by atoms with van der Waals surface area (Å²) in [6.45, 7) is 0. The van der Waals surface area contributed by atoms with Gasteiger partial charge in [0.15, 0.2) is 5.71 Å². The number of aromatic amines is 2. The molecular formula is C21H17N6O2+. The van der Waals surface area contributed by atoms with Crippen LogP contribution in [0.25, 0.3) is 6.08 Å². The Balaban J connectivity index is 1.54. The first-order chi connectivity index (χ1) is 14.2. The molecule has 1 aromatic carbocycles. The number of aliphatic imine (C=N–C) groups is 3. The van der Waals surface area contributed by atoms with E-state index in [2.05, 4.69) is 31.8 Å². The third kappa shape index (κ3) is 3.58. The maximum atomic E-state index is 11.4. The van der Waals surface area contributed by atoms with Crippen molar-refractivity contribution < 1.29 is 9.68 Å². The molecule has 2 aromatic rings. The fourth-order valence-corrected chi connectivity index (χ4v) is 3.06. The summed E-state index contributed by atoms with van der Waals surface area (Å²) in [5.41, 5.74) is 1.97. The highest BCUT2D eigenvalue weighted by Crippen LogP contribution is 2.26. The molecule has 2 aliphatic heterocycles. The van der Waals surface area contributed by atoms with Crippen LogP contribution in [0, 0.1) is 11.8 Å². The van der Waals surface area contributed by atoms with E-state index < -0.39 is 5.69 Å². The lowest BCUT2D eigenvalue weighted by Gasteiger charge is -2.10. The molecule has 3 aliphatic rings. The van der Waals surface area contributed by atoms with Crippen LogP contribution in [0.5, 0.6) is 5.88 Å². The van der Waals surface area contributed by atoms with Crippen molar-refractivity contribution in [1.82, 2.24) is 9.97 Å². The minimum atomic E-state index is -0.476. The number of hydrogen-bond donors (Lipinski definition) is 3. The maximum Gasteiger partial charge on any atom is 0.326 e. The Morgan fingerprint density at radius 1 is 1.21 bits per heavy atom. The molecule has 8 nitrogen and oxygen atoms in total. The molecule has 1 aromatic heterocycles. The van der Waals surface area contributed by atoms with Gasteiger partial charge in [-0.15, -0.1) is 0 Å². The number of amidine groups is 1. The summed E-state index contributed by atoms with van der Waals surface area (Å²) in [4.78, 5) is 30.1. The van der Waals surface area contributed by atoms with Crippen molar-refractivity contribution in [1.29, 1.82) is 0 Å². The monoisotopic (exact) mass is 385 g/mol. The van der Waals surface area contributed by atoms with Crippen LogP contribution >= 0.6 is 0 Å². The highest BCUT2D eigenvalue weighted by molar-refractivity contribution is 6.40. The van der Waals surface area contributed by atoms with Gasteiger partial charge in [0.25, 0.3) is 0 Å². The molecule has 8 heteroatoms. The number of benzene rings is 1. The predicted molar refractivity (Wildman–Crippen MR) is 111 cm³/mol. The third-order valence-electron chi connectivity index (χ3n) is 4.63. The number of aromatic hydroxyl groups is 1. The van der Waals surface area contributed by atoms with Crippen LogP contribution in [0.4, 0.5) is 0 Å². The Hall–Kier alpha value is -3.99. The SMILES string of the molecule is O=c1[nH]c(O)c(C=C2C=NC3C(=NC4CC4)N=C(C#Cc4ccccc4)C=[N+]23)[nH]1. The fraction of sp³-hybridized carbons (Fsp3) is 0.190. The number of nitrogens with one attached hydrogen (secondary N) is 2. The minimum absolute atomic E-state index is 0.221. The minimum Gasteiger partial charge on any atom is -0.493 e. The number of fused-ring (bicyclic) bond motifs is 1. The molecule has 1 aliphatic carbocycles. The van der Waals surface area contributed by atoms with Gasteiger partial charge in [0, 0.05) is 11.6 Å². The van der Waals surface area contributed by atoms with E-state index in [1.807, 2.05) is 41.1 Å². The zero-order valence-electron chi connectivity index (χ0n) is 15.3. The molecule has 0 saturated heterocycles. The van der Waals surface area contributed by atoms with Crippen LogP contribution in [0.3, 0.4) is 0 Å². The van der Waals surface area contributed by atoms with Crippen molar-refractivity contribution in [2.24, 2.45) is 15.0 Å². The molecular weight excluding hydrogens is 368 g/mol. The first-order valence-corrected chi connectivity index (χ1v) is 9.28. The van der Waals surface area contributed by atoms with Crippen molar-refractivity contribution in [3.8, 4) is 17.7 Å². The molecule has 142 valence electrons. The highest BCUT2D eigenvalue weighted by atomic mass is 16.3. The molecule has 3 heterocycles. The van der Waals surface area contributed by atoms with Crippen LogP contribution in [-0.4, -0.2) is 55.8 Å². The summed E-state index contributed by atoms with van der Waals surface area (Å²) in [6, 6.07) is 9.99. The number of imidazole rings is 1. The zero-order valence-corrected chi connectivity index (χ0v) is 15.3. The Bertz CT molecular complexity index is 1240. The lowest BCUT2D eigenvalue weighted by molar-refractivity contribution is -0.474. The number of hydrogen-bond acceptors (Lipinski definition) is 4. The Kier molecular flexibility index (Phi) is 4.06. The highest BCUT2D eigenvalue weighted by Gasteiger charge is 2.39.